The molecular weight excluding hydrogens is 266 g/mol. The van der Waals surface area contributed by atoms with Crippen molar-refractivity contribution in [1.29, 1.82) is 0 Å². The summed E-state index contributed by atoms with van der Waals surface area (Å²) in [6, 6.07) is 14.6. The van der Waals surface area contributed by atoms with Gasteiger partial charge in [0.15, 0.2) is 4.77 Å². The molecule has 1 aromatic heterocycles. The van der Waals surface area contributed by atoms with Crippen LogP contribution in [0.25, 0.3) is 16.7 Å². The Hall–Kier alpha value is -2.07. The van der Waals surface area contributed by atoms with E-state index in [0.717, 1.165) is 21.5 Å². The molecule has 0 amide bonds. The summed E-state index contributed by atoms with van der Waals surface area (Å²) in [5.74, 6) is 0. The normalized spacial score (nSPS) is 10.9. The molecule has 3 rings (SSSR count). The lowest BCUT2D eigenvalue weighted by molar-refractivity contribution is 1.06. The highest BCUT2D eigenvalue weighted by atomic mass is 32.1. The summed E-state index contributed by atoms with van der Waals surface area (Å²) in [6.45, 7) is 2.09. The molecule has 1 heterocycles. The van der Waals surface area contributed by atoms with Crippen LogP contribution in [-0.4, -0.2) is 23.6 Å². The summed E-state index contributed by atoms with van der Waals surface area (Å²) in [5, 5.41) is 0. The van der Waals surface area contributed by atoms with Gasteiger partial charge in [0, 0.05) is 25.5 Å². The zero-order valence-electron chi connectivity index (χ0n) is 11.8. The Morgan fingerprint density at radius 3 is 2.40 bits per heavy atom. The maximum atomic E-state index is 5.48. The van der Waals surface area contributed by atoms with E-state index in [1.165, 1.54) is 11.3 Å². The van der Waals surface area contributed by atoms with E-state index in [9.17, 15) is 0 Å². The molecule has 3 aromatic rings. The molecule has 0 saturated heterocycles. The minimum atomic E-state index is 0.729. The molecule has 3 nitrogen and oxygen atoms in total. The number of H-pyrrole nitrogens is 1. The number of nitrogens with one attached hydrogen (secondary N) is 1. The number of imidazole rings is 1. The molecule has 0 aliphatic heterocycles. The maximum absolute atomic E-state index is 5.48. The number of hydrogen-bond acceptors (Lipinski definition) is 2. The number of aryl methyl sites for hydroxylation is 1. The van der Waals surface area contributed by atoms with Crippen LogP contribution >= 0.6 is 12.2 Å². The van der Waals surface area contributed by atoms with Crippen LogP contribution in [0.5, 0.6) is 0 Å². The predicted octanol–water partition coefficient (Wildman–Crippen LogP) is 4.06. The van der Waals surface area contributed by atoms with Crippen LogP contribution in [0.4, 0.5) is 5.69 Å². The fourth-order valence-electron chi connectivity index (χ4n) is 2.43. The first-order valence-electron chi connectivity index (χ1n) is 6.56. The summed E-state index contributed by atoms with van der Waals surface area (Å²) >= 11 is 5.48. The van der Waals surface area contributed by atoms with Gasteiger partial charge in [0.05, 0.1) is 11.0 Å². The van der Waals surface area contributed by atoms with Gasteiger partial charge >= 0.3 is 0 Å². The highest BCUT2D eigenvalue weighted by Crippen LogP contribution is 2.23. The van der Waals surface area contributed by atoms with E-state index in [1.54, 1.807) is 0 Å². The number of hydrogen-bond donors (Lipinski definition) is 1. The van der Waals surface area contributed by atoms with E-state index < -0.39 is 0 Å². The van der Waals surface area contributed by atoms with E-state index in [2.05, 4.69) is 63.8 Å². The minimum absolute atomic E-state index is 0.729. The molecule has 0 unspecified atom stereocenters. The maximum Gasteiger partial charge on any atom is 0.182 e. The lowest BCUT2D eigenvalue weighted by Gasteiger charge is -2.13. The van der Waals surface area contributed by atoms with Gasteiger partial charge in [-0.2, -0.15) is 0 Å². The molecule has 0 aliphatic carbocycles. The van der Waals surface area contributed by atoms with Gasteiger partial charge in [-0.25, -0.2) is 0 Å². The molecule has 0 aliphatic rings. The smallest absolute Gasteiger partial charge is 0.182 e. The number of anilines is 1. The third-order valence-corrected chi connectivity index (χ3v) is 3.84. The van der Waals surface area contributed by atoms with Gasteiger partial charge in [0.2, 0.25) is 0 Å². The van der Waals surface area contributed by atoms with Crippen molar-refractivity contribution in [3.63, 3.8) is 0 Å². The van der Waals surface area contributed by atoms with E-state index in [4.69, 9.17) is 12.2 Å². The second-order valence-electron chi connectivity index (χ2n) is 5.15. The SMILES string of the molecule is Cc1cccc2c1[nH]c(=S)n2-c1ccc(N(C)C)cc1. The summed E-state index contributed by atoms with van der Waals surface area (Å²) < 4.78 is 2.81. The Morgan fingerprint density at radius 2 is 1.75 bits per heavy atom. The standard InChI is InChI=1S/C16H17N3S/c1-11-5-4-6-14-15(11)17-16(20)19(14)13-9-7-12(8-10-13)18(2)3/h4-10H,1-3H3,(H,17,20). The summed E-state index contributed by atoms with van der Waals surface area (Å²) in [7, 11) is 4.07. The van der Waals surface area contributed by atoms with E-state index in [1.807, 2.05) is 14.1 Å². The Kier molecular flexibility index (Phi) is 3.10. The summed E-state index contributed by atoms with van der Waals surface area (Å²) in [5.41, 5.74) is 5.69. The topological polar surface area (TPSA) is 24.0 Å². The third kappa shape index (κ3) is 2.02. The number of rotatable bonds is 2. The molecule has 20 heavy (non-hydrogen) atoms. The minimum Gasteiger partial charge on any atom is -0.378 e. The van der Waals surface area contributed by atoms with E-state index >= 15 is 0 Å². The molecule has 102 valence electrons. The third-order valence-electron chi connectivity index (χ3n) is 3.55. The van der Waals surface area contributed by atoms with Gasteiger partial charge in [0.1, 0.15) is 0 Å². The number of aromatic amines is 1. The molecule has 4 heteroatoms. The van der Waals surface area contributed by atoms with Crippen LogP contribution in [-0.2, 0) is 0 Å². The van der Waals surface area contributed by atoms with Crippen LogP contribution in [0, 0.1) is 11.7 Å². The van der Waals surface area contributed by atoms with E-state index in [-0.39, 0.29) is 0 Å². The lowest BCUT2D eigenvalue weighted by atomic mass is 10.2. The summed E-state index contributed by atoms with van der Waals surface area (Å²) in [6.07, 6.45) is 0. The number of benzene rings is 2. The molecule has 0 atom stereocenters. The fraction of sp³-hybridized carbons (Fsp3) is 0.188. The zero-order chi connectivity index (χ0) is 14.3. The molecule has 0 radical (unpaired) electrons. The monoisotopic (exact) mass is 283 g/mol. The van der Waals surface area contributed by atoms with Crippen molar-refractivity contribution >= 4 is 28.9 Å². The fourth-order valence-corrected chi connectivity index (χ4v) is 2.74. The first-order chi connectivity index (χ1) is 9.58. The van der Waals surface area contributed by atoms with E-state index in [0.29, 0.717) is 0 Å². The van der Waals surface area contributed by atoms with Crippen LogP contribution < -0.4 is 4.90 Å². The molecule has 1 N–H and O–H groups in total. The number of fused-ring (bicyclic) bond motifs is 1. The molecule has 0 saturated carbocycles. The molecule has 0 fully saturated rings. The quantitative estimate of drug-likeness (QED) is 0.717. The average Bonchev–Trinajstić information content (AvgIpc) is 2.77. The zero-order valence-corrected chi connectivity index (χ0v) is 12.7. The van der Waals surface area contributed by atoms with Crippen molar-refractivity contribution in [2.45, 2.75) is 6.92 Å². The van der Waals surface area contributed by atoms with Gasteiger partial charge < -0.3 is 9.88 Å². The Morgan fingerprint density at radius 1 is 1.05 bits per heavy atom. The van der Waals surface area contributed by atoms with Crippen molar-refractivity contribution in [2.24, 2.45) is 0 Å². The first-order valence-corrected chi connectivity index (χ1v) is 6.97. The van der Waals surface area contributed by atoms with Crippen LogP contribution in [0.1, 0.15) is 5.56 Å². The molecule has 2 aromatic carbocycles. The molecular formula is C16H17N3S. The predicted molar refractivity (Wildman–Crippen MR) is 87.5 cm³/mol. The highest BCUT2D eigenvalue weighted by molar-refractivity contribution is 7.71. The first kappa shape index (κ1) is 12.9. The van der Waals surface area contributed by atoms with Crippen molar-refractivity contribution in [2.75, 3.05) is 19.0 Å². The number of para-hydroxylation sites is 1. The van der Waals surface area contributed by atoms with Gasteiger partial charge in [-0.05, 0) is 55.0 Å². The van der Waals surface area contributed by atoms with Gasteiger partial charge in [-0.15, -0.1) is 0 Å². The highest BCUT2D eigenvalue weighted by Gasteiger charge is 2.08. The average molecular weight is 283 g/mol. The van der Waals surface area contributed by atoms with Crippen molar-refractivity contribution in [3.8, 4) is 5.69 Å². The molecule has 0 bridgehead atoms. The van der Waals surface area contributed by atoms with Gasteiger partial charge in [0.25, 0.3) is 0 Å². The Bertz CT molecular complexity index is 810. The van der Waals surface area contributed by atoms with Crippen LogP contribution in [0.15, 0.2) is 42.5 Å². The lowest BCUT2D eigenvalue weighted by Crippen LogP contribution is -2.08. The summed E-state index contributed by atoms with van der Waals surface area (Å²) in [4.78, 5) is 5.38. The Labute approximate surface area is 123 Å². The largest absolute Gasteiger partial charge is 0.378 e. The second-order valence-corrected chi connectivity index (χ2v) is 5.53. The van der Waals surface area contributed by atoms with Gasteiger partial charge in [-0.3, -0.25) is 4.57 Å². The van der Waals surface area contributed by atoms with Gasteiger partial charge in [-0.1, -0.05) is 12.1 Å². The van der Waals surface area contributed by atoms with Crippen LogP contribution in [0.3, 0.4) is 0 Å². The van der Waals surface area contributed by atoms with Crippen molar-refractivity contribution < 1.29 is 0 Å². The Balaban J connectivity index is 2.22. The second kappa shape index (κ2) is 4.80. The van der Waals surface area contributed by atoms with Crippen LogP contribution in [0.2, 0.25) is 0 Å². The van der Waals surface area contributed by atoms with Crippen molar-refractivity contribution in [1.82, 2.24) is 9.55 Å². The van der Waals surface area contributed by atoms with Crippen molar-refractivity contribution in [3.05, 3.63) is 52.8 Å². The molecule has 0 spiro atoms. The number of nitrogens with zero attached hydrogens (tertiary/aromatic N) is 2. The number of aromatic nitrogens is 2.